The molecule has 2 N–H and O–H groups in total. The van der Waals surface area contributed by atoms with E-state index in [2.05, 4.69) is 30.7 Å². The average molecular weight is 641 g/mol. The summed E-state index contributed by atoms with van der Waals surface area (Å²) in [6.45, 7) is 8.47. The largest absolute Gasteiger partial charge is 0.424 e. The van der Waals surface area contributed by atoms with Crippen molar-refractivity contribution in [2.24, 2.45) is 0 Å². The predicted octanol–water partition coefficient (Wildman–Crippen LogP) is 7.48. The summed E-state index contributed by atoms with van der Waals surface area (Å²) in [6, 6.07) is 13.5. The number of thiazole rings is 1. The van der Waals surface area contributed by atoms with Crippen LogP contribution in [0.25, 0.3) is 16.1 Å². The molecule has 0 saturated carbocycles. The lowest BCUT2D eigenvalue weighted by atomic mass is 9.92. The van der Waals surface area contributed by atoms with E-state index < -0.39 is 11.8 Å². The van der Waals surface area contributed by atoms with Gasteiger partial charge in [-0.1, -0.05) is 38.2 Å². The SMILES string of the molecule is Cc1ccc(-n2nc(C(C)(C)C)cc2NC(=O)Nc2cnc(Oc3ccc(-c4cnc(N5CCCCC5=O)s4)cc3)nc2)c(F)c1. The Labute approximate surface area is 269 Å². The van der Waals surface area contributed by atoms with E-state index in [9.17, 15) is 14.0 Å². The zero-order valence-corrected chi connectivity index (χ0v) is 26.7. The lowest BCUT2D eigenvalue weighted by Gasteiger charge is -2.23. The molecule has 0 unspecified atom stereocenters. The second-order valence-electron chi connectivity index (χ2n) is 12.0. The highest BCUT2D eigenvalue weighted by molar-refractivity contribution is 7.19. The van der Waals surface area contributed by atoms with Gasteiger partial charge in [0.1, 0.15) is 23.1 Å². The average Bonchev–Trinajstić information content (AvgIpc) is 3.67. The van der Waals surface area contributed by atoms with Gasteiger partial charge in [-0.05, 0) is 67.3 Å². The van der Waals surface area contributed by atoms with Crippen molar-refractivity contribution in [1.82, 2.24) is 24.7 Å². The van der Waals surface area contributed by atoms with E-state index in [0.29, 0.717) is 35.9 Å². The number of ether oxygens (including phenoxy) is 1. The van der Waals surface area contributed by atoms with Crippen molar-refractivity contribution in [3.05, 3.63) is 84.2 Å². The summed E-state index contributed by atoms with van der Waals surface area (Å²) < 4.78 is 22.0. The highest BCUT2D eigenvalue weighted by atomic mass is 32.1. The minimum atomic E-state index is -0.571. The Kier molecular flexibility index (Phi) is 8.50. The van der Waals surface area contributed by atoms with E-state index in [0.717, 1.165) is 34.0 Å². The number of piperidine rings is 1. The molecule has 0 radical (unpaired) electrons. The number of nitrogens with zero attached hydrogens (tertiary/aromatic N) is 6. The van der Waals surface area contributed by atoms with E-state index in [1.165, 1.54) is 34.5 Å². The first-order valence-corrected chi connectivity index (χ1v) is 15.7. The number of carbonyl (C=O) groups excluding carboxylic acids is 2. The molecule has 3 aromatic heterocycles. The van der Waals surface area contributed by atoms with Crippen molar-refractivity contribution in [2.45, 2.75) is 52.4 Å². The highest BCUT2D eigenvalue weighted by Gasteiger charge is 2.24. The van der Waals surface area contributed by atoms with Crippen LogP contribution in [-0.4, -0.2) is 43.2 Å². The fraction of sp³-hybridized carbons (Fsp3) is 0.273. The highest BCUT2D eigenvalue weighted by Crippen LogP contribution is 2.34. The maximum Gasteiger partial charge on any atom is 0.324 e. The van der Waals surface area contributed by atoms with Crippen molar-refractivity contribution in [1.29, 1.82) is 0 Å². The normalized spacial score (nSPS) is 13.5. The molecule has 4 heterocycles. The van der Waals surface area contributed by atoms with Crippen molar-refractivity contribution < 1.29 is 18.7 Å². The number of halogens is 1. The van der Waals surface area contributed by atoms with E-state index in [4.69, 9.17) is 4.74 Å². The summed E-state index contributed by atoms with van der Waals surface area (Å²) in [7, 11) is 0. The lowest BCUT2D eigenvalue weighted by molar-refractivity contribution is -0.119. The number of amides is 3. The Bertz CT molecular complexity index is 1880. The van der Waals surface area contributed by atoms with Crippen molar-refractivity contribution in [3.8, 4) is 27.9 Å². The van der Waals surface area contributed by atoms with E-state index in [1.54, 1.807) is 48.4 Å². The number of urea groups is 1. The molecule has 0 spiro atoms. The van der Waals surface area contributed by atoms with Crippen LogP contribution in [0.5, 0.6) is 11.8 Å². The molecule has 236 valence electrons. The molecule has 46 heavy (non-hydrogen) atoms. The molecule has 0 bridgehead atoms. The summed E-state index contributed by atoms with van der Waals surface area (Å²) in [5.74, 6) is 0.511. The number of benzene rings is 2. The molecule has 3 amide bonds. The quantitative estimate of drug-likeness (QED) is 0.189. The Morgan fingerprint density at radius 3 is 2.43 bits per heavy atom. The van der Waals surface area contributed by atoms with Crippen molar-refractivity contribution >= 4 is 39.9 Å². The minimum Gasteiger partial charge on any atom is -0.424 e. The second-order valence-corrected chi connectivity index (χ2v) is 13.0. The van der Waals surface area contributed by atoms with Crippen LogP contribution in [-0.2, 0) is 10.2 Å². The standard InChI is InChI=1S/C33H33FN8O3S/c1-20-8-13-25(24(34)15-20)42-28(16-27(40-42)33(2,3)4)39-30(44)38-22-17-35-31(36-18-22)45-23-11-9-21(10-12-23)26-19-37-32(46-26)41-14-6-5-7-29(41)43/h8-13,15-19H,5-7,14H2,1-4H3,(H2,38,39,44). The Hall–Kier alpha value is -5.17. The molecule has 1 aliphatic rings. The molecular weight excluding hydrogens is 607 g/mol. The van der Waals surface area contributed by atoms with Gasteiger partial charge in [-0.25, -0.2) is 28.8 Å². The predicted molar refractivity (Wildman–Crippen MR) is 175 cm³/mol. The molecule has 1 saturated heterocycles. The van der Waals surface area contributed by atoms with Crippen molar-refractivity contribution in [3.63, 3.8) is 0 Å². The monoisotopic (exact) mass is 640 g/mol. The summed E-state index contributed by atoms with van der Waals surface area (Å²) in [5.41, 5.74) is 2.64. The van der Waals surface area contributed by atoms with Gasteiger partial charge in [-0.2, -0.15) is 5.10 Å². The summed E-state index contributed by atoms with van der Waals surface area (Å²) in [5, 5.41) is 10.7. The number of hydrogen-bond acceptors (Lipinski definition) is 8. The summed E-state index contributed by atoms with van der Waals surface area (Å²) in [4.78, 5) is 40.8. The third kappa shape index (κ3) is 6.89. The number of hydrogen-bond donors (Lipinski definition) is 2. The van der Waals surface area contributed by atoms with Crippen LogP contribution in [0.3, 0.4) is 0 Å². The van der Waals surface area contributed by atoms with Crippen LogP contribution >= 0.6 is 11.3 Å². The van der Waals surface area contributed by atoms with E-state index in [-0.39, 0.29) is 23.0 Å². The van der Waals surface area contributed by atoms with Gasteiger partial charge < -0.3 is 10.1 Å². The summed E-state index contributed by atoms with van der Waals surface area (Å²) >= 11 is 1.48. The zero-order valence-electron chi connectivity index (χ0n) is 25.9. The van der Waals surface area contributed by atoms with E-state index >= 15 is 0 Å². The van der Waals surface area contributed by atoms with Crippen LogP contribution < -0.4 is 20.3 Å². The molecular formula is C33H33FN8O3S. The number of rotatable bonds is 7. The van der Waals surface area contributed by atoms with Gasteiger partial charge in [0, 0.05) is 30.6 Å². The Balaban J connectivity index is 1.09. The first-order valence-electron chi connectivity index (χ1n) is 14.8. The molecule has 2 aromatic carbocycles. The molecule has 1 fully saturated rings. The molecule has 0 aliphatic carbocycles. The van der Waals surface area contributed by atoms with Crippen molar-refractivity contribution in [2.75, 3.05) is 22.1 Å². The number of nitrogens with one attached hydrogen (secondary N) is 2. The van der Waals surface area contributed by atoms with Crippen LogP contribution in [0.2, 0.25) is 0 Å². The van der Waals surface area contributed by atoms with Crippen LogP contribution in [0.1, 0.15) is 51.3 Å². The fourth-order valence-electron chi connectivity index (χ4n) is 4.84. The number of aryl methyl sites for hydroxylation is 1. The number of carbonyl (C=O) groups is 2. The molecule has 6 rings (SSSR count). The van der Waals surface area contributed by atoms with Gasteiger partial charge in [-0.15, -0.1) is 0 Å². The maximum absolute atomic E-state index is 14.8. The second kappa shape index (κ2) is 12.7. The van der Waals surface area contributed by atoms with Gasteiger partial charge in [0.05, 0.1) is 28.7 Å². The molecule has 5 aromatic rings. The number of anilines is 3. The molecule has 0 atom stereocenters. The Morgan fingerprint density at radius 1 is 0.978 bits per heavy atom. The molecule has 13 heteroatoms. The number of aromatic nitrogens is 5. The van der Waals surface area contributed by atoms with E-state index in [1.807, 2.05) is 32.9 Å². The zero-order chi connectivity index (χ0) is 32.4. The van der Waals surface area contributed by atoms with Crippen LogP contribution in [0.4, 0.5) is 25.8 Å². The van der Waals surface area contributed by atoms with Gasteiger partial charge in [0.25, 0.3) is 0 Å². The van der Waals surface area contributed by atoms with Gasteiger partial charge >= 0.3 is 12.0 Å². The molecule has 1 aliphatic heterocycles. The van der Waals surface area contributed by atoms with Gasteiger partial charge in [0.15, 0.2) is 5.13 Å². The minimum absolute atomic E-state index is 0.102. The van der Waals surface area contributed by atoms with Gasteiger partial charge in [0.2, 0.25) is 5.91 Å². The third-order valence-corrected chi connectivity index (χ3v) is 8.40. The van der Waals surface area contributed by atoms with Gasteiger partial charge in [-0.3, -0.25) is 15.0 Å². The maximum atomic E-state index is 14.8. The van der Waals surface area contributed by atoms with Crippen LogP contribution in [0.15, 0.2) is 67.1 Å². The Morgan fingerprint density at radius 2 is 1.74 bits per heavy atom. The first-order chi connectivity index (χ1) is 22.0. The third-order valence-electron chi connectivity index (χ3n) is 7.33. The van der Waals surface area contributed by atoms with Crippen LogP contribution in [0, 0.1) is 12.7 Å². The lowest BCUT2D eigenvalue weighted by Crippen LogP contribution is -2.34. The fourth-order valence-corrected chi connectivity index (χ4v) is 5.80. The smallest absolute Gasteiger partial charge is 0.324 e. The molecule has 11 nitrogen and oxygen atoms in total. The topological polar surface area (TPSA) is 127 Å². The first kappa shape index (κ1) is 30.8. The summed E-state index contributed by atoms with van der Waals surface area (Å²) in [6.07, 6.45) is 7.11.